The Morgan fingerprint density at radius 2 is 1.77 bits per heavy atom. The summed E-state index contributed by atoms with van der Waals surface area (Å²) in [4.78, 5) is 6.51. The molecule has 1 aromatic rings. The van der Waals surface area contributed by atoms with Gasteiger partial charge in [-0.15, -0.1) is 0 Å². The van der Waals surface area contributed by atoms with Gasteiger partial charge >= 0.3 is 7.12 Å². The summed E-state index contributed by atoms with van der Waals surface area (Å²) in [7, 11) is 3.51. The molecule has 1 aliphatic heterocycles. The number of rotatable bonds is 4. The Hall–Kier alpha value is -1.27. The van der Waals surface area contributed by atoms with E-state index in [1.165, 1.54) is 0 Å². The van der Waals surface area contributed by atoms with Gasteiger partial charge in [-0.25, -0.2) is 4.98 Å². The molecule has 0 aromatic carbocycles. The molecule has 6 heteroatoms. The van der Waals surface area contributed by atoms with Crippen molar-refractivity contribution >= 4 is 18.4 Å². The first kappa shape index (κ1) is 15.6. The van der Waals surface area contributed by atoms with Gasteiger partial charge in [0.1, 0.15) is 11.6 Å². The average Bonchev–Trinajstić information content (AvgIpc) is 3.17. The van der Waals surface area contributed by atoms with Crippen LogP contribution in [-0.4, -0.2) is 43.5 Å². The van der Waals surface area contributed by atoms with Crippen molar-refractivity contribution < 1.29 is 14.0 Å². The van der Waals surface area contributed by atoms with Crippen LogP contribution in [0.15, 0.2) is 12.3 Å². The topological polar surface area (TPSA) is 43.8 Å². The highest BCUT2D eigenvalue weighted by molar-refractivity contribution is 6.63. The fourth-order valence-electron chi connectivity index (χ4n) is 2.41. The van der Waals surface area contributed by atoms with Crippen LogP contribution in [-0.2, 0) is 9.31 Å². The Morgan fingerprint density at radius 1 is 1.18 bits per heavy atom. The molecule has 0 unspecified atom stereocenters. The zero-order valence-corrected chi connectivity index (χ0v) is 14.3. The van der Waals surface area contributed by atoms with Crippen LogP contribution in [0.5, 0.6) is 5.75 Å². The second-order valence-corrected chi connectivity index (χ2v) is 7.38. The first-order valence-electron chi connectivity index (χ1n) is 7.89. The number of anilines is 1. The average molecular weight is 304 g/mol. The van der Waals surface area contributed by atoms with Crippen LogP contribution in [0.4, 0.5) is 5.82 Å². The van der Waals surface area contributed by atoms with Gasteiger partial charge in [-0.3, -0.25) is 0 Å². The van der Waals surface area contributed by atoms with Gasteiger partial charge in [-0.1, -0.05) is 0 Å². The minimum Gasteiger partial charge on any atom is -0.489 e. The first-order chi connectivity index (χ1) is 10.2. The summed E-state index contributed by atoms with van der Waals surface area (Å²) in [5.74, 6) is 1.64. The van der Waals surface area contributed by atoms with Crippen LogP contribution in [0.25, 0.3) is 0 Å². The van der Waals surface area contributed by atoms with Gasteiger partial charge in [0.2, 0.25) is 0 Å². The molecule has 3 rings (SSSR count). The molecule has 2 fully saturated rings. The normalized spacial score (nSPS) is 22.7. The largest absolute Gasteiger partial charge is 0.498 e. The summed E-state index contributed by atoms with van der Waals surface area (Å²) in [5, 5.41) is 0. The molecule has 22 heavy (non-hydrogen) atoms. The van der Waals surface area contributed by atoms with Crippen molar-refractivity contribution in [3.8, 4) is 5.75 Å². The first-order valence-corrected chi connectivity index (χ1v) is 7.89. The van der Waals surface area contributed by atoms with Crippen LogP contribution >= 0.6 is 0 Å². The molecule has 1 saturated carbocycles. The Morgan fingerprint density at radius 3 is 2.27 bits per heavy atom. The molecule has 0 N–H and O–H groups in total. The van der Waals surface area contributed by atoms with Gasteiger partial charge in [0.15, 0.2) is 0 Å². The molecule has 120 valence electrons. The Labute approximate surface area is 133 Å². The second kappa shape index (κ2) is 5.13. The minimum atomic E-state index is -0.433. The van der Waals surface area contributed by atoms with E-state index in [-0.39, 0.29) is 11.2 Å². The van der Waals surface area contributed by atoms with E-state index in [0.29, 0.717) is 6.10 Å². The van der Waals surface area contributed by atoms with Crippen LogP contribution in [0.1, 0.15) is 40.5 Å². The maximum absolute atomic E-state index is 6.17. The van der Waals surface area contributed by atoms with E-state index in [0.717, 1.165) is 29.9 Å². The summed E-state index contributed by atoms with van der Waals surface area (Å²) in [6.07, 6.45) is 4.38. The third-order valence-corrected chi connectivity index (χ3v) is 4.63. The molecule has 0 radical (unpaired) electrons. The minimum absolute atomic E-state index is 0.346. The monoisotopic (exact) mass is 304 g/mol. The SMILES string of the molecule is CN(C)c1ncc(OC2CC2)cc1B1OC(C)(C)C(C)(C)O1. The molecule has 2 aliphatic rings. The van der Waals surface area contributed by atoms with E-state index < -0.39 is 7.12 Å². The van der Waals surface area contributed by atoms with Gasteiger partial charge in [0.25, 0.3) is 0 Å². The summed E-state index contributed by atoms with van der Waals surface area (Å²) >= 11 is 0. The van der Waals surface area contributed by atoms with Crippen molar-refractivity contribution in [3.63, 3.8) is 0 Å². The number of ether oxygens (including phenoxy) is 1. The smallest absolute Gasteiger partial charge is 0.489 e. The van der Waals surface area contributed by atoms with E-state index in [2.05, 4.69) is 32.7 Å². The highest BCUT2D eigenvalue weighted by atomic mass is 16.7. The Balaban J connectivity index is 1.93. The van der Waals surface area contributed by atoms with E-state index in [1.807, 2.05) is 25.1 Å². The highest BCUT2D eigenvalue weighted by Crippen LogP contribution is 2.37. The van der Waals surface area contributed by atoms with Crippen molar-refractivity contribution in [3.05, 3.63) is 12.3 Å². The number of aromatic nitrogens is 1. The van der Waals surface area contributed by atoms with Crippen LogP contribution < -0.4 is 15.1 Å². The molecule has 0 bridgehead atoms. The third kappa shape index (κ3) is 2.82. The molecular formula is C16H25BN2O3. The number of hydrogen-bond acceptors (Lipinski definition) is 5. The number of pyridine rings is 1. The van der Waals surface area contributed by atoms with Crippen molar-refractivity contribution in [1.82, 2.24) is 4.98 Å². The van der Waals surface area contributed by atoms with E-state index in [9.17, 15) is 0 Å². The van der Waals surface area contributed by atoms with E-state index >= 15 is 0 Å². The zero-order valence-electron chi connectivity index (χ0n) is 14.3. The molecule has 1 aliphatic carbocycles. The van der Waals surface area contributed by atoms with Crippen LogP contribution in [0, 0.1) is 0 Å². The summed E-state index contributed by atoms with van der Waals surface area (Å²) in [5.41, 5.74) is 0.185. The van der Waals surface area contributed by atoms with E-state index in [4.69, 9.17) is 14.0 Å². The molecule has 5 nitrogen and oxygen atoms in total. The third-order valence-electron chi connectivity index (χ3n) is 4.63. The van der Waals surface area contributed by atoms with Gasteiger partial charge in [0.05, 0.1) is 23.5 Å². The maximum Gasteiger partial charge on any atom is 0.498 e. The molecule has 0 amide bonds. The van der Waals surface area contributed by atoms with Crippen molar-refractivity contribution in [2.24, 2.45) is 0 Å². The lowest BCUT2D eigenvalue weighted by Gasteiger charge is -2.32. The van der Waals surface area contributed by atoms with Gasteiger partial charge in [0, 0.05) is 19.6 Å². The molecule has 2 heterocycles. The number of nitrogens with zero attached hydrogens (tertiary/aromatic N) is 2. The Kier molecular flexibility index (Phi) is 3.65. The lowest BCUT2D eigenvalue weighted by molar-refractivity contribution is 0.00578. The highest BCUT2D eigenvalue weighted by Gasteiger charge is 2.52. The summed E-state index contributed by atoms with van der Waals surface area (Å²) < 4.78 is 18.2. The van der Waals surface area contributed by atoms with Crippen LogP contribution in [0.2, 0.25) is 0 Å². The molecule has 0 spiro atoms. The van der Waals surface area contributed by atoms with Gasteiger partial charge < -0.3 is 18.9 Å². The fraction of sp³-hybridized carbons (Fsp3) is 0.688. The fourth-order valence-corrected chi connectivity index (χ4v) is 2.41. The molecule has 1 saturated heterocycles. The van der Waals surface area contributed by atoms with E-state index in [1.54, 1.807) is 6.20 Å². The standard InChI is InChI=1S/C16H25BN2O3/c1-15(2)16(3,4)22-17(21-15)13-9-12(20-11-7-8-11)10-18-14(13)19(5)6/h9-11H,7-8H2,1-6H3. The lowest BCUT2D eigenvalue weighted by Crippen LogP contribution is -2.41. The summed E-state index contributed by atoms with van der Waals surface area (Å²) in [6.45, 7) is 8.22. The predicted octanol–water partition coefficient (Wildman–Crippen LogP) is 1.99. The maximum atomic E-state index is 6.17. The molecular weight excluding hydrogens is 279 g/mol. The van der Waals surface area contributed by atoms with Crippen LogP contribution in [0.3, 0.4) is 0 Å². The second-order valence-electron chi connectivity index (χ2n) is 7.38. The Bertz CT molecular complexity index is 555. The summed E-state index contributed by atoms with van der Waals surface area (Å²) in [6, 6.07) is 2.00. The number of hydrogen-bond donors (Lipinski definition) is 0. The van der Waals surface area contributed by atoms with Crippen molar-refractivity contribution in [1.29, 1.82) is 0 Å². The van der Waals surface area contributed by atoms with Crippen molar-refractivity contribution in [2.45, 2.75) is 57.8 Å². The van der Waals surface area contributed by atoms with Crippen molar-refractivity contribution in [2.75, 3.05) is 19.0 Å². The van der Waals surface area contributed by atoms with Gasteiger partial charge in [-0.05, 0) is 46.6 Å². The molecule has 0 atom stereocenters. The quantitative estimate of drug-likeness (QED) is 0.796. The lowest BCUT2D eigenvalue weighted by atomic mass is 9.79. The molecule has 1 aromatic heterocycles. The zero-order chi connectivity index (χ0) is 16.1. The van der Waals surface area contributed by atoms with Gasteiger partial charge in [-0.2, -0.15) is 0 Å². The predicted molar refractivity (Wildman–Crippen MR) is 87.9 cm³/mol.